The van der Waals surface area contributed by atoms with Crippen LogP contribution >= 0.6 is 106 Å². The number of aromatic nitrogens is 4. The zero-order chi connectivity index (χ0) is 40.1. The molecular weight excluding hydrogens is 922 g/mol. The average Bonchev–Trinajstić information content (AvgIpc) is 3.48. The molecule has 22 heteroatoms. The van der Waals surface area contributed by atoms with E-state index in [1.807, 2.05) is 48.5 Å². The Morgan fingerprint density at radius 3 is 1.79 bits per heavy atom. The fraction of sp³-hybridized carbons (Fsp3) is 0.667. The summed E-state index contributed by atoms with van der Waals surface area (Å²) in [7, 11) is 0.573. The van der Waals surface area contributed by atoms with Crippen LogP contribution in [-0.2, 0) is 31.8 Å². The standard InChI is InChI=1S/C12H21N2O3PS.C10H8Cl8.C8H14N2O3PS/c1-6-15-18(19,16-7-2)17-11-8-10(5)13-12(14-11)9(3)4;11-4-6-5-1-2-7(12,3-5)8(6,9(13,14)15)10(16,17)18;1-5(2)8-9-6(3)4-7(10-8)15-14(11,12)13/h8-9H,6-7H2,1-5H3;4-5H,1-3H2;4-5,11-13H,1-3H3/q;;+1. The van der Waals surface area contributed by atoms with Gasteiger partial charge in [0, 0.05) is 52.7 Å². The molecule has 2 bridgehead atoms. The molecule has 2 heterocycles. The molecule has 3 N–H and O–H groups in total. The van der Waals surface area contributed by atoms with Gasteiger partial charge in [-0.2, -0.15) is 9.97 Å². The van der Waals surface area contributed by atoms with Gasteiger partial charge in [-0.1, -0.05) is 109 Å². The van der Waals surface area contributed by atoms with Crippen LogP contribution < -0.4 is 4.52 Å². The summed E-state index contributed by atoms with van der Waals surface area (Å²) in [5, 5.41) is 0.382. The van der Waals surface area contributed by atoms with Gasteiger partial charge in [0.2, 0.25) is 13.5 Å². The van der Waals surface area contributed by atoms with E-state index in [1.165, 1.54) is 5.54 Å². The molecule has 0 aromatic carbocycles. The van der Waals surface area contributed by atoms with Gasteiger partial charge in [-0.3, -0.25) is 23.7 Å². The van der Waals surface area contributed by atoms with Crippen molar-refractivity contribution in [3.63, 3.8) is 0 Å². The van der Waals surface area contributed by atoms with Crippen molar-refractivity contribution in [2.75, 3.05) is 13.2 Å². The summed E-state index contributed by atoms with van der Waals surface area (Å²) >= 11 is 54.7. The number of fused-ring (bicyclic) bond motifs is 2. The minimum absolute atomic E-state index is 0.0891. The SMILES string of the molecule is CCOP(=S)(OCC)Oc1cc(C)nc(C(C)C)n1.Cc1cc([S+]=P(O)(O)O)nc(C(C)C)n1.ClC=C1C2CCC(Cl)(C2)C1(C(Cl)(Cl)Cl)C(Cl)(Cl)Cl. The van der Waals surface area contributed by atoms with Crippen LogP contribution in [-0.4, -0.2) is 60.3 Å². The van der Waals surface area contributed by atoms with E-state index in [4.69, 9.17) is 133 Å². The highest BCUT2D eigenvalue weighted by molar-refractivity contribution is 8.16. The largest absolute Gasteiger partial charge is 0.523 e. The van der Waals surface area contributed by atoms with Gasteiger partial charge in [-0.15, -0.1) is 11.6 Å². The zero-order valence-corrected chi connectivity index (χ0v) is 39.1. The van der Waals surface area contributed by atoms with Gasteiger partial charge in [0.1, 0.15) is 17.1 Å². The van der Waals surface area contributed by atoms with Crippen LogP contribution in [0.1, 0.15) is 95.7 Å². The smallest absolute Gasteiger partial charge is 0.406 e. The van der Waals surface area contributed by atoms with E-state index in [1.54, 1.807) is 19.1 Å². The summed E-state index contributed by atoms with van der Waals surface area (Å²) in [6.45, 7) is 9.59. The maximum Gasteiger partial charge on any atom is 0.523 e. The summed E-state index contributed by atoms with van der Waals surface area (Å²) in [5.74, 6) is 2.25. The molecule has 2 saturated carbocycles. The number of nitrogens with zero attached hydrogens (tertiary/aromatic N) is 4. The Morgan fingerprint density at radius 2 is 1.38 bits per heavy atom. The molecule has 0 amide bonds. The highest BCUT2D eigenvalue weighted by Crippen LogP contribution is 2.78. The van der Waals surface area contributed by atoms with Crippen molar-refractivity contribution in [1.29, 1.82) is 0 Å². The lowest BCUT2D eigenvalue weighted by Gasteiger charge is -2.52. The molecule has 0 saturated heterocycles. The Balaban J connectivity index is 0.000000272. The molecule has 2 aromatic rings. The molecule has 0 radical (unpaired) electrons. The third-order valence-corrected chi connectivity index (χ3v) is 14.6. The van der Waals surface area contributed by atoms with Gasteiger partial charge < -0.3 is 4.52 Å². The second-order valence-corrected chi connectivity index (χ2v) is 24.5. The maximum atomic E-state index is 8.92. The molecule has 2 aliphatic carbocycles. The van der Waals surface area contributed by atoms with Crippen LogP contribution in [0.2, 0.25) is 0 Å². The Bertz CT molecular complexity index is 1640. The van der Waals surface area contributed by atoms with Gasteiger partial charge in [-0.25, -0.2) is 9.97 Å². The van der Waals surface area contributed by atoms with E-state index in [9.17, 15) is 0 Å². The lowest BCUT2D eigenvalue weighted by molar-refractivity contribution is 0.215. The maximum absolute atomic E-state index is 8.92. The summed E-state index contributed by atoms with van der Waals surface area (Å²) < 4.78 is 12.8. The molecule has 296 valence electrons. The normalized spacial score (nSPS) is 20.8. The highest BCUT2D eigenvalue weighted by atomic mass is 35.6. The molecule has 2 unspecified atom stereocenters. The second kappa shape index (κ2) is 19.7. The Kier molecular flexibility index (Phi) is 18.7. The van der Waals surface area contributed by atoms with Gasteiger partial charge in [0.05, 0.1) is 18.1 Å². The van der Waals surface area contributed by atoms with Gasteiger partial charge >= 0.3 is 29.4 Å². The summed E-state index contributed by atoms with van der Waals surface area (Å²) in [4.78, 5) is 42.9. The third kappa shape index (κ3) is 12.6. The fourth-order valence-electron chi connectivity index (χ4n) is 5.72. The molecule has 2 fully saturated rings. The van der Waals surface area contributed by atoms with Crippen LogP contribution in [0.25, 0.3) is 0 Å². The van der Waals surface area contributed by atoms with Crippen molar-refractivity contribution in [1.82, 2.24) is 19.9 Å². The summed E-state index contributed by atoms with van der Waals surface area (Å²) in [6, 6.07) is 3.35. The minimum atomic E-state index is -3.88. The molecule has 0 aliphatic heterocycles. The molecule has 2 atom stereocenters. The van der Waals surface area contributed by atoms with Crippen LogP contribution in [0.3, 0.4) is 0 Å². The van der Waals surface area contributed by atoms with E-state index in [-0.39, 0.29) is 17.8 Å². The monoisotopic (exact) mass is 961 g/mol. The van der Waals surface area contributed by atoms with Gasteiger partial charge in [0.15, 0.2) is 0 Å². The number of aryl methyl sites for hydroxylation is 2. The molecule has 4 rings (SSSR count). The molecule has 52 heavy (non-hydrogen) atoms. The average molecular weight is 965 g/mol. The van der Waals surface area contributed by atoms with Crippen LogP contribution in [0.4, 0.5) is 0 Å². The first-order valence-electron chi connectivity index (χ1n) is 15.9. The van der Waals surface area contributed by atoms with E-state index < -0.39 is 31.3 Å². The number of hydrogen-bond donors (Lipinski definition) is 3. The zero-order valence-electron chi connectivity index (χ0n) is 29.6. The number of rotatable bonds is 9. The highest BCUT2D eigenvalue weighted by Gasteiger charge is 2.78. The molecule has 10 nitrogen and oxygen atoms in total. The predicted molar refractivity (Wildman–Crippen MR) is 222 cm³/mol. The van der Waals surface area contributed by atoms with Crippen molar-refractivity contribution in [2.24, 2.45) is 11.3 Å². The van der Waals surface area contributed by atoms with Crippen molar-refractivity contribution < 1.29 is 28.3 Å². The Labute approximate surface area is 355 Å². The van der Waals surface area contributed by atoms with Gasteiger partial charge in [-0.05, 0) is 58.4 Å². The van der Waals surface area contributed by atoms with E-state index in [2.05, 4.69) is 19.9 Å². The first-order valence-corrected chi connectivity index (χ1v) is 24.6. The number of hydrogen-bond acceptors (Lipinski definition) is 8. The van der Waals surface area contributed by atoms with Crippen molar-refractivity contribution in [2.45, 2.75) is 104 Å². The van der Waals surface area contributed by atoms with E-state index >= 15 is 0 Å². The second-order valence-electron chi connectivity index (χ2n) is 12.4. The lowest BCUT2D eigenvalue weighted by Crippen LogP contribution is -2.58. The summed E-state index contributed by atoms with van der Waals surface area (Å²) in [5.41, 5.74) is 2.12. The molecule has 2 aliphatic rings. The predicted octanol–water partition coefficient (Wildman–Crippen LogP) is 11.2. The van der Waals surface area contributed by atoms with Crippen LogP contribution in [0.5, 0.6) is 5.88 Å². The topological polar surface area (TPSA) is 140 Å². The van der Waals surface area contributed by atoms with Gasteiger partial charge in [0.25, 0.3) is 0 Å². The first kappa shape index (κ1) is 49.3. The molecular formula is C30H43Cl8N4O6P2S2+. The first-order chi connectivity index (χ1) is 23.7. The lowest BCUT2D eigenvalue weighted by atomic mass is 9.71. The van der Waals surface area contributed by atoms with Crippen LogP contribution in [0.15, 0.2) is 28.3 Å². The molecule has 2 aromatic heterocycles. The quantitative estimate of drug-likeness (QED) is 0.0958. The van der Waals surface area contributed by atoms with E-state index in [0.717, 1.165) is 23.6 Å². The Morgan fingerprint density at radius 1 is 0.904 bits per heavy atom. The number of halogens is 8. The Hall–Kier alpha value is 1.12. The van der Waals surface area contributed by atoms with Crippen molar-refractivity contribution in [3.8, 4) is 5.88 Å². The molecule has 0 spiro atoms. The number of alkyl halides is 7. The van der Waals surface area contributed by atoms with Crippen molar-refractivity contribution in [3.05, 3.63) is 46.3 Å². The third-order valence-electron chi connectivity index (χ3n) is 7.70. The number of allylic oxidation sites excluding steroid dienone is 1. The van der Waals surface area contributed by atoms with E-state index in [0.29, 0.717) is 59.3 Å². The van der Waals surface area contributed by atoms with Crippen molar-refractivity contribution >= 4 is 129 Å². The minimum Gasteiger partial charge on any atom is -0.406 e. The fourth-order valence-corrected chi connectivity index (χ4v) is 13.7. The summed E-state index contributed by atoms with van der Waals surface area (Å²) in [6.07, 6.45) is 2.06. The van der Waals surface area contributed by atoms with Crippen LogP contribution in [0, 0.1) is 25.2 Å².